The predicted octanol–water partition coefficient (Wildman–Crippen LogP) is 3.09. The topological polar surface area (TPSA) is 149 Å². The van der Waals surface area contributed by atoms with Crippen molar-refractivity contribution in [2.24, 2.45) is 13.0 Å². The van der Waals surface area contributed by atoms with Crippen LogP contribution in [0.4, 0.5) is 5.69 Å². The van der Waals surface area contributed by atoms with Gasteiger partial charge in [0.05, 0.1) is 25.2 Å². The number of anilines is 1. The third-order valence-corrected chi connectivity index (χ3v) is 7.21. The Balaban J connectivity index is 1.51. The van der Waals surface area contributed by atoms with Gasteiger partial charge >= 0.3 is 5.97 Å². The van der Waals surface area contributed by atoms with Crippen LogP contribution in [-0.2, 0) is 32.7 Å². The summed E-state index contributed by atoms with van der Waals surface area (Å²) in [5.74, 6) is -0.762. The van der Waals surface area contributed by atoms with E-state index in [1.807, 2.05) is 36.4 Å². The molecule has 1 saturated heterocycles. The van der Waals surface area contributed by atoms with Crippen LogP contribution in [0.5, 0.6) is 0 Å². The third kappa shape index (κ3) is 6.92. The number of aliphatic hydroxyl groups excluding tert-OH is 1. The summed E-state index contributed by atoms with van der Waals surface area (Å²) in [5.41, 5.74) is 3.14. The molecule has 1 fully saturated rings. The van der Waals surface area contributed by atoms with E-state index >= 15 is 0 Å². The molecule has 3 aromatic rings. The van der Waals surface area contributed by atoms with Crippen LogP contribution >= 0.6 is 11.8 Å². The number of benzene rings is 2. The van der Waals surface area contributed by atoms with E-state index in [9.17, 15) is 14.7 Å². The van der Waals surface area contributed by atoms with Gasteiger partial charge in [-0.2, -0.15) is 0 Å². The molecule has 2 aromatic carbocycles. The number of rotatable bonds is 10. The van der Waals surface area contributed by atoms with Crippen LogP contribution in [0.15, 0.2) is 53.7 Å². The van der Waals surface area contributed by atoms with Crippen LogP contribution in [0.1, 0.15) is 48.8 Å². The number of amides is 1. The summed E-state index contributed by atoms with van der Waals surface area (Å²) >= 11 is 1.50. The molecule has 4 rings (SSSR count). The average Bonchev–Trinajstić information content (AvgIpc) is 3.32. The number of carbonyl (C=O) groups is 2. The van der Waals surface area contributed by atoms with E-state index in [0.717, 1.165) is 16.7 Å². The van der Waals surface area contributed by atoms with Gasteiger partial charge in [-0.15, -0.1) is 5.10 Å². The number of hydrogen-bond acceptors (Lipinski definition) is 9. The van der Waals surface area contributed by atoms with Crippen molar-refractivity contribution in [2.45, 2.75) is 50.0 Å². The minimum Gasteiger partial charge on any atom is -0.481 e. The molecule has 0 unspecified atom stereocenters. The number of carboxylic acid groups (broad SMARTS) is 1. The molecule has 4 atom stereocenters. The number of carboxylic acids is 1. The second-order valence-corrected chi connectivity index (χ2v) is 9.77. The molecule has 1 aliphatic rings. The lowest BCUT2D eigenvalue weighted by Crippen LogP contribution is -2.38. The van der Waals surface area contributed by atoms with E-state index in [0.29, 0.717) is 16.6 Å². The van der Waals surface area contributed by atoms with Gasteiger partial charge in [-0.25, -0.2) is 4.68 Å². The first kappa shape index (κ1) is 26.7. The number of aromatic nitrogens is 4. The molecule has 196 valence electrons. The lowest BCUT2D eigenvalue weighted by molar-refractivity contribution is -0.268. The van der Waals surface area contributed by atoms with Gasteiger partial charge in [0.15, 0.2) is 6.29 Å². The van der Waals surface area contributed by atoms with E-state index in [-0.39, 0.29) is 43.5 Å². The zero-order valence-corrected chi connectivity index (χ0v) is 21.3. The fourth-order valence-electron chi connectivity index (χ4n) is 3.98. The fraction of sp³-hybridized carbons (Fsp3) is 0.400. The Bertz CT molecular complexity index is 1200. The first-order valence-corrected chi connectivity index (χ1v) is 12.8. The highest BCUT2D eigenvalue weighted by molar-refractivity contribution is 7.99. The Labute approximate surface area is 218 Å². The molecule has 1 aromatic heterocycles. The molecule has 0 bridgehead atoms. The van der Waals surface area contributed by atoms with Crippen LogP contribution in [0.2, 0.25) is 0 Å². The van der Waals surface area contributed by atoms with Gasteiger partial charge in [-0.3, -0.25) is 9.59 Å². The first-order valence-electron chi connectivity index (χ1n) is 11.8. The van der Waals surface area contributed by atoms with Crippen LogP contribution in [-0.4, -0.2) is 54.2 Å². The number of hydrogen-bond donors (Lipinski definition) is 3. The lowest BCUT2D eigenvalue weighted by Gasteiger charge is -2.41. The number of thioether (sulfide) groups is 1. The summed E-state index contributed by atoms with van der Waals surface area (Å²) in [7, 11) is 1.78. The van der Waals surface area contributed by atoms with Crippen LogP contribution in [0.25, 0.3) is 0 Å². The van der Waals surface area contributed by atoms with Gasteiger partial charge in [0, 0.05) is 36.4 Å². The van der Waals surface area contributed by atoms with Crippen molar-refractivity contribution in [2.75, 3.05) is 11.1 Å². The largest absolute Gasteiger partial charge is 0.481 e. The molecular formula is C25H29N5O6S. The third-order valence-electron chi connectivity index (χ3n) is 6.11. The quantitative estimate of drug-likeness (QED) is 0.336. The Morgan fingerprint density at radius 1 is 1.05 bits per heavy atom. The molecule has 1 aliphatic heterocycles. The Hall–Kier alpha value is -3.32. The second kappa shape index (κ2) is 12.3. The molecule has 37 heavy (non-hydrogen) atoms. The summed E-state index contributed by atoms with van der Waals surface area (Å²) in [6.07, 6.45) is -1.42. The van der Waals surface area contributed by atoms with E-state index in [2.05, 4.69) is 27.8 Å². The molecule has 1 amide bonds. The van der Waals surface area contributed by atoms with Crippen molar-refractivity contribution in [3.8, 4) is 0 Å². The lowest BCUT2D eigenvalue weighted by atomic mass is 9.91. The second-order valence-electron chi connectivity index (χ2n) is 8.78. The number of carbonyl (C=O) groups excluding carboxylic acids is 1. The molecule has 0 radical (unpaired) electrons. The highest BCUT2D eigenvalue weighted by atomic mass is 32.2. The predicted molar refractivity (Wildman–Crippen MR) is 134 cm³/mol. The normalized spacial score (nSPS) is 21.5. The molecule has 2 heterocycles. The standard InChI is InChI=1S/C25H29N5O6S/c1-15-20(14-37-25-27-28-29-30(25)2)35-24(36-23(15)17-5-3-16(13-31)4-6-17)18-7-9-19(10-8-18)26-21(32)11-12-22(33)34/h3-10,15,20,23-24,31H,11-14H2,1-2H3,(H,26,32)(H,33,34)/t15-,20+,23+,24+/m1/s1. The number of nitrogens with one attached hydrogen (secondary N) is 1. The van der Waals surface area contributed by atoms with Crippen LogP contribution < -0.4 is 5.32 Å². The number of nitrogens with zero attached hydrogens (tertiary/aromatic N) is 4. The van der Waals surface area contributed by atoms with Gasteiger partial charge in [-0.05, 0) is 33.7 Å². The molecule has 0 spiro atoms. The first-order chi connectivity index (χ1) is 17.8. The van der Waals surface area contributed by atoms with Gasteiger partial charge in [0.1, 0.15) is 0 Å². The van der Waals surface area contributed by atoms with Crippen molar-refractivity contribution in [3.63, 3.8) is 0 Å². The monoisotopic (exact) mass is 527 g/mol. The molecule has 11 nitrogen and oxygen atoms in total. The summed E-state index contributed by atoms with van der Waals surface area (Å²) in [4.78, 5) is 22.6. The van der Waals surface area contributed by atoms with E-state index in [1.54, 1.807) is 23.9 Å². The van der Waals surface area contributed by atoms with E-state index < -0.39 is 12.3 Å². The Morgan fingerprint density at radius 3 is 2.38 bits per heavy atom. The number of tetrazole rings is 1. The maximum absolute atomic E-state index is 12.0. The van der Waals surface area contributed by atoms with Crippen LogP contribution in [0.3, 0.4) is 0 Å². The molecule has 0 saturated carbocycles. The summed E-state index contributed by atoms with van der Waals surface area (Å²) in [6, 6.07) is 14.8. The SMILES string of the molecule is C[C@@H]1[C@H](CSc2nnnn2C)O[C@H](c2ccc(NC(=O)CCC(=O)O)cc2)O[C@@H]1c1ccc(CO)cc1. The summed E-state index contributed by atoms with van der Waals surface area (Å²) in [5, 5.41) is 33.2. The Morgan fingerprint density at radius 2 is 1.76 bits per heavy atom. The van der Waals surface area contributed by atoms with Crippen molar-refractivity contribution in [1.82, 2.24) is 20.2 Å². The summed E-state index contributed by atoms with van der Waals surface area (Å²) in [6.45, 7) is 2.05. The van der Waals surface area contributed by atoms with Gasteiger partial charge in [-0.1, -0.05) is 55.1 Å². The molecule has 3 N–H and O–H groups in total. The van der Waals surface area contributed by atoms with Crippen LogP contribution in [0, 0.1) is 5.92 Å². The number of aryl methyl sites for hydroxylation is 1. The molecule has 0 aliphatic carbocycles. The fourth-order valence-corrected chi connectivity index (χ4v) is 4.99. The minimum atomic E-state index is -1.02. The van der Waals surface area contributed by atoms with Crippen molar-refractivity contribution < 1.29 is 29.3 Å². The molecular weight excluding hydrogens is 498 g/mol. The van der Waals surface area contributed by atoms with Crippen molar-refractivity contribution in [1.29, 1.82) is 0 Å². The Kier molecular flexibility index (Phi) is 8.87. The average molecular weight is 528 g/mol. The van der Waals surface area contributed by atoms with Gasteiger partial charge < -0.3 is 25.0 Å². The summed E-state index contributed by atoms with van der Waals surface area (Å²) < 4.78 is 14.4. The smallest absolute Gasteiger partial charge is 0.303 e. The minimum absolute atomic E-state index is 0.0118. The number of aliphatic hydroxyl groups is 1. The zero-order valence-electron chi connectivity index (χ0n) is 20.5. The number of aliphatic carboxylic acids is 1. The maximum Gasteiger partial charge on any atom is 0.303 e. The highest BCUT2D eigenvalue weighted by Gasteiger charge is 2.38. The van der Waals surface area contributed by atoms with Gasteiger partial charge in [0.25, 0.3) is 0 Å². The van der Waals surface area contributed by atoms with Crippen molar-refractivity contribution in [3.05, 3.63) is 65.2 Å². The van der Waals surface area contributed by atoms with Gasteiger partial charge in [0.2, 0.25) is 11.1 Å². The zero-order chi connectivity index (χ0) is 26.4. The van der Waals surface area contributed by atoms with E-state index in [4.69, 9.17) is 14.6 Å². The maximum atomic E-state index is 12.0. The molecule has 12 heteroatoms. The highest BCUT2D eigenvalue weighted by Crippen LogP contribution is 2.43. The van der Waals surface area contributed by atoms with E-state index in [1.165, 1.54) is 11.8 Å². The number of ether oxygens (including phenoxy) is 2. The van der Waals surface area contributed by atoms with Crippen molar-refractivity contribution >= 4 is 29.3 Å².